The summed E-state index contributed by atoms with van der Waals surface area (Å²) >= 11 is 1.28. The zero-order valence-electron chi connectivity index (χ0n) is 46.6. The molecule has 16 rings (SSSR count). The number of hydrogen-bond donors (Lipinski definition) is 0. The van der Waals surface area contributed by atoms with E-state index in [1.165, 1.54) is 145 Å². The van der Waals surface area contributed by atoms with Crippen LogP contribution < -0.4 is 4.90 Å². The maximum atomic E-state index is 5.15. The molecular weight excluding hydrogens is 1010 g/mol. The third-order valence-corrected chi connectivity index (χ3v) is 18.5. The predicted molar refractivity (Wildman–Crippen MR) is 345 cm³/mol. The van der Waals surface area contributed by atoms with Crippen LogP contribution in [0.15, 0.2) is 231 Å². The summed E-state index contributed by atoms with van der Waals surface area (Å²) in [7, 11) is 0. The number of anilines is 3. The number of aromatic nitrogens is 3. The van der Waals surface area contributed by atoms with E-state index in [0.717, 1.165) is 44.7 Å². The molecule has 390 valence electrons. The highest BCUT2D eigenvalue weighted by Crippen LogP contribution is 2.64. The molecule has 2 aromatic heterocycles. The van der Waals surface area contributed by atoms with Gasteiger partial charge in [0.1, 0.15) is 11.0 Å². The highest BCUT2D eigenvalue weighted by atomic mass is 32.1. The largest absolute Gasteiger partial charge is 0.308 e. The summed E-state index contributed by atoms with van der Waals surface area (Å²) in [5, 5.41) is 4.83. The van der Waals surface area contributed by atoms with E-state index in [4.69, 9.17) is 8.75 Å². The van der Waals surface area contributed by atoms with E-state index < -0.39 is 5.41 Å². The van der Waals surface area contributed by atoms with Crippen LogP contribution >= 0.6 is 11.7 Å². The van der Waals surface area contributed by atoms with Crippen LogP contribution in [0.2, 0.25) is 0 Å². The van der Waals surface area contributed by atoms with Gasteiger partial charge < -0.3 is 9.47 Å². The smallest absolute Gasteiger partial charge is 0.129 e. The van der Waals surface area contributed by atoms with Gasteiger partial charge in [-0.1, -0.05) is 187 Å². The van der Waals surface area contributed by atoms with Crippen molar-refractivity contribution in [3.05, 3.63) is 286 Å². The van der Waals surface area contributed by atoms with Gasteiger partial charge in [0.2, 0.25) is 0 Å². The first-order chi connectivity index (χ1) is 40.1. The lowest BCUT2D eigenvalue weighted by Gasteiger charge is -2.30. The Morgan fingerprint density at radius 2 is 0.902 bits per heavy atom. The van der Waals surface area contributed by atoms with E-state index in [0.29, 0.717) is 0 Å². The standard InChI is InChI=1S/C77H56N4S/c1-45-40-47(3)71(48(4)41-45)52-26-32-55(33-27-52)80(56-34-28-53(29-35-56)72-49(5)42-46(2)43-50(72)6)70-39-37-57(74-75(70)79-82-78-74)54-31-38-68-63(44-54)61-36-30-51-16-7-8-17-58(51)76(61)81(68)69-25-15-24-67-73(69)62-20-11-14-23-66(62)77(67)64-21-12-9-18-59(64)60-19-10-13-22-65(60)77/h7-44H,1-6H3. The minimum absolute atomic E-state index is 0.454. The molecule has 0 bridgehead atoms. The van der Waals surface area contributed by atoms with Crippen LogP contribution in [0.25, 0.3) is 105 Å². The van der Waals surface area contributed by atoms with E-state index in [-0.39, 0.29) is 0 Å². The molecule has 0 radical (unpaired) electrons. The zero-order chi connectivity index (χ0) is 55.1. The third kappa shape index (κ3) is 6.90. The van der Waals surface area contributed by atoms with Crippen molar-refractivity contribution >= 4 is 72.4 Å². The number of rotatable bonds is 7. The van der Waals surface area contributed by atoms with Gasteiger partial charge in [-0.15, -0.1) is 0 Å². The van der Waals surface area contributed by atoms with Gasteiger partial charge in [-0.3, -0.25) is 0 Å². The van der Waals surface area contributed by atoms with Crippen molar-refractivity contribution in [3.8, 4) is 61.3 Å². The van der Waals surface area contributed by atoms with Crippen molar-refractivity contribution in [1.82, 2.24) is 13.3 Å². The average molecular weight is 1070 g/mol. The van der Waals surface area contributed by atoms with Crippen molar-refractivity contribution in [3.63, 3.8) is 0 Å². The van der Waals surface area contributed by atoms with Crippen molar-refractivity contribution in [2.45, 2.75) is 47.0 Å². The lowest BCUT2D eigenvalue weighted by Crippen LogP contribution is -2.25. The highest BCUT2D eigenvalue weighted by molar-refractivity contribution is 7.00. The average Bonchev–Trinajstić information content (AvgIpc) is 1.89. The molecule has 82 heavy (non-hydrogen) atoms. The first-order valence-electron chi connectivity index (χ1n) is 28.5. The van der Waals surface area contributed by atoms with Crippen molar-refractivity contribution in [2.75, 3.05) is 4.90 Å². The zero-order valence-corrected chi connectivity index (χ0v) is 47.5. The molecule has 1 spiro atoms. The van der Waals surface area contributed by atoms with Gasteiger partial charge in [0.15, 0.2) is 0 Å². The van der Waals surface area contributed by atoms with E-state index in [1.54, 1.807) is 0 Å². The second-order valence-corrected chi connectivity index (χ2v) is 23.4. The topological polar surface area (TPSA) is 34.0 Å². The van der Waals surface area contributed by atoms with Crippen LogP contribution in [0.4, 0.5) is 17.1 Å². The fourth-order valence-electron chi connectivity index (χ4n) is 15.0. The minimum Gasteiger partial charge on any atom is -0.308 e. The number of nitrogens with zero attached hydrogens (tertiary/aromatic N) is 4. The molecule has 4 nitrogen and oxygen atoms in total. The molecule has 0 saturated heterocycles. The van der Waals surface area contributed by atoms with Gasteiger partial charge in [-0.2, -0.15) is 8.75 Å². The van der Waals surface area contributed by atoms with Gasteiger partial charge in [-0.05, 0) is 191 Å². The quantitative estimate of drug-likeness (QED) is 0.159. The summed E-state index contributed by atoms with van der Waals surface area (Å²) in [5.74, 6) is 0. The maximum absolute atomic E-state index is 5.15. The van der Waals surface area contributed by atoms with Crippen LogP contribution in [0.5, 0.6) is 0 Å². The monoisotopic (exact) mass is 1070 g/mol. The lowest BCUT2D eigenvalue weighted by molar-refractivity contribution is 0.793. The molecule has 5 heteroatoms. The molecule has 14 aromatic rings. The summed E-state index contributed by atoms with van der Waals surface area (Å²) < 4.78 is 12.9. The van der Waals surface area contributed by atoms with Gasteiger partial charge >= 0.3 is 0 Å². The highest BCUT2D eigenvalue weighted by Gasteiger charge is 2.52. The van der Waals surface area contributed by atoms with Crippen molar-refractivity contribution < 1.29 is 0 Å². The van der Waals surface area contributed by atoms with E-state index >= 15 is 0 Å². The summed E-state index contributed by atoms with van der Waals surface area (Å²) in [5.41, 5.74) is 33.2. The molecule has 0 unspecified atom stereocenters. The molecule has 2 aliphatic rings. The number of aryl methyl sites for hydroxylation is 6. The molecule has 0 N–H and O–H groups in total. The Labute approximate surface area is 482 Å². The minimum atomic E-state index is -0.454. The summed E-state index contributed by atoms with van der Waals surface area (Å²) in [6.45, 7) is 13.2. The fourth-order valence-corrected chi connectivity index (χ4v) is 15.6. The Hall–Kier alpha value is -9.68. The Kier molecular flexibility index (Phi) is 10.7. The summed E-state index contributed by atoms with van der Waals surface area (Å²) in [6.07, 6.45) is 0. The van der Waals surface area contributed by atoms with Crippen LogP contribution in [0, 0.1) is 41.5 Å². The molecule has 0 aliphatic heterocycles. The van der Waals surface area contributed by atoms with Gasteiger partial charge in [0, 0.05) is 38.7 Å². The summed E-state index contributed by atoms with van der Waals surface area (Å²) in [6, 6.07) is 86.6. The van der Waals surface area contributed by atoms with Gasteiger partial charge in [0.25, 0.3) is 0 Å². The Balaban J connectivity index is 0.873. The molecule has 0 amide bonds. The molecule has 0 saturated carbocycles. The first-order valence-corrected chi connectivity index (χ1v) is 29.2. The summed E-state index contributed by atoms with van der Waals surface area (Å²) in [4.78, 5) is 2.36. The molecule has 0 atom stereocenters. The van der Waals surface area contributed by atoms with Crippen molar-refractivity contribution in [1.29, 1.82) is 0 Å². The Morgan fingerprint density at radius 1 is 0.378 bits per heavy atom. The molecule has 2 aliphatic carbocycles. The Morgan fingerprint density at radius 3 is 1.52 bits per heavy atom. The molecule has 0 fully saturated rings. The Bertz CT molecular complexity index is 4810. The number of hydrogen-bond acceptors (Lipinski definition) is 4. The van der Waals surface area contributed by atoms with Crippen LogP contribution in [0.1, 0.15) is 55.6 Å². The lowest BCUT2D eigenvalue weighted by atomic mass is 9.70. The third-order valence-electron chi connectivity index (χ3n) is 18.0. The van der Waals surface area contributed by atoms with E-state index in [2.05, 4.69) is 282 Å². The SMILES string of the molecule is Cc1cc(C)c(-c2ccc(N(c3ccc(-c4c(C)cc(C)cc4C)cc3)c3ccc(-c4ccc5c(c4)c4ccc6ccccc6c4n5-c4cccc5c4-c4ccccc4C54c5ccccc5-c5ccccc54)c4nsnc34)cc2)c(C)c1. The van der Waals surface area contributed by atoms with Gasteiger partial charge in [-0.25, -0.2) is 0 Å². The maximum Gasteiger partial charge on any atom is 0.129 e. The second kappa shape index (κ2) is 18.2. The van der Waals surface area contributed by atoms with Crippen LogP contribution in [0.3, 0.4) is 0 Å². The molecular formula is C77H56N4S. The number of fused-ring (bicyclic) bond motifs is 16. The predicted octanol–water partition coefficient (Wildman–Crippen LogP) is 20.6. The van der Waals surface area contributed by atoms with Crippen LogP contribution in [-0.4, -0.2) is 13.3 Å². The molecule has 2 heterocycles. The van der Waals surface area contributed by atoms with Crippen LogP contribution in [-0.2, 0) is 5.41 Å². The molecule has 12 aromatic carbocycles. The van der Waals surface area contributed by atoms with E-state index in [1.807, 2.05) is 0 Å². The fraction of sp³-hybridized carbons (Fsp3) is 0.0909. The normalized spacial score (nSPS) is 12.9. The first kappa shape index (κ1) is 48.2. The van der Waals surface area contributed by atoms with E-state index in [9.17, 15) is 0 Å². The van der Waals surface area contributed by atoms with Crippen molar-refractivity contribution in [2.24, 2.45) is 0 Å². The van der Waals surface area contributed by atoms with Gasteiger partial charge in [0.05, 0.1) is 39.6 Å². The number of benzene rings is 12. The second-order valence-electron chi connectivity index (χ2n) is 22.9.